The number of H-pyrrole nitrogens is 1. The van der Waals surface area contributed by atoms with Crippen LogP contribution in [0.5, 0.6) is 0 Å². The number of nitrogens with zero attached hydrogens (tertiary/aromatic N) is 3. The second-order valence-electron chi connectivity index (χ2n) is 6.47. The number of benzene rings is 1. The average Bonchev–Trinajstić information content (AvgIpc) is 3.15. The molecule has 7 nitrogen and oxygen atoms in total. The predicted octanol–water partition coefficient (Wildman–Crippen LogP) is 2.57. The summed E-state index contributed by atoms with van der Waals surface area (Å²) in [6.45, 7) is 2.67. The number of hydrogen-bond donors (Lipinski definition) is 2. The molecule has 0 saturated carbocycles. The normalized spacial score (nSPS) is 13.0. The van der Waals surface area contributed by atoms with E-state index in [-0.39, 0.29) is 10.9 Å². The van der Waals surface area contributed by atoms with E-state index < -0.39 is 10.0 Å². The van der Waals surface area contributed by atoms with Crippen LogP contribution in [0.25, 0.3) is 11.3 Å². The predicted molar refractivity (Wildman–Crippen MR) is 104 cm³/mol. The Balaban J connectivity index is 1.69. The fraction of sp³-hybridized carbons (Fsp3) is 0.263. The highest BCUT2D eigenvalue weighted by atomic mass is 32.2. The largest absolute Gasteiger partial charge is 0.306 e. The summed E-state index contributed by atoms with van der Waals surface area (Å²) in [6.07, 6.45) is 5.33. The van der Waals surface area contributed by atoms with Gasteiger partial charge in [0.15, 0.2) is 0 Å². The third kappa shape index (κ3) is 4.24. The van der Waals surface area contributed by atoms with Crippen LogP contribution in [0.3, 0.4) is 0 Å². The molecule has 0 fully saturated rings. The van der Waals surface area contributed by atoms with Gasteiger partial charge >= 0.3 is 0 Å². The van der Waals surface area contributed by atoms with Crippen LogP contribution >= 0.6 is 0 Å². The van der Waals surface area contributed by atoms with Crippen LogP contribution in [0.15, 0.2) is 59.9 Å². The molecule has 27 heavy (non-hydrogen) atoms. The van der Waals surface area contributed by atoms with Gasteiger partial charge in [-0.3, -0.25) is 10.1 Å². The van der Waals surface area contributed by atoms with Crippen molar-refractivity contribution in [3.63, 3.8) is 0 Å². The second-order valence-corrected chi connectivity index (χ2v) is 8.62. The number of rotatable bonds is 7. The van der Waals surface area contributed by atoms with Gasteiger partial charge in [-0.15, -0.1) is 0 Å². The van der Waals surface area contributed by atoms with Crippen molar-refractivity contribution < 1.29 is 8.42 Å². The molecule has 1 unspecified atom stereocenters. The molecule has 1 aromatic carbocycles. The molecular formula is C19H23N5O2S. The third-order valence-electron chi connectivity index (χ3n) is 4.43. The van der Waals surface area contributed by atoms with E-state index in [4.69, 9.17) is 0 Å². The molecule has 2 heterocycles. The van der Waals surface area contributed by atoms with Crippen LogP contribution in [0, 0.1) is 0 Å². The molecule has 0 amide bonds. The average molecular weight is 385 g/mol. The lowest BCUT2D eigenvalue weighted by atomic mass is 10.1. The number of sulfonamides is 1. The molecule has 0 bridgehead atoms. The van der Waals surface area contributed by atoms with Gasteiger partial charge in [0.25, 0.3) is 0 Å². The number of hydrogen-bond acceptors (Lipinski definition) is 5. The minimum absolute atomic E-state index is 0.0535. The summed E-state index contributed by atoms with van der Waals surface area (Å²) in [4.78, 5) is 4.43. The molecule has 0 saturated heterocycles. The lowest BCUT2D eigenvalue weighted by Gasteiger charge is -2.16. The molecule has 142 valence electrons. The Bertz CT molecular complexity index is 982. The highest BCUT2D eigenvalue weighted by Gasteiger charge is 2.17. The van der Waals surface area contributed by atoms with Crippen molar-refractivity contribution in [3.05, 3.63) is 66.1 Å². The monoisotopic (exact) mass is 385 g/mol. The summed E-state index contributed by atoms with van der Waals surface area (Å²) >= 11 is 0. The zero-order valence-electron chi connectivity index (χ0n) is 15.5. The van der Waals surface area contributed by atoms with Gasteiger partial charge in [0.1, 0.15) is 0 Å². The number of nitrogens with one attached hydrogen (secondary N) is 2. The van der Waals surface area contributed by atoms with Crippen molar-refractivity contribution in [2.24, 2.45) is 0 Å². The first-order chi connectivity index (χ1) is 12.9. The van der Waals surface area contributed by atoms with E-state index >= 15 is 0 Å². The lowest BCUT2D eigenvalue weighted by molar-refractivity contribution is 0.520. The molecule has 0 aliphatic carbocycles. The Morgan fingerprint density at radius 1 is 1.15 bits per heavy atom. The van der Waals surface area contributed by atoms with Gasteiger partial charge in [-0.05, 0) is 36.8 Å². The standard InChI is InChI=1S/C19H23N5O2S/c1-14(15-6-8-18(9-7-15)27(25,26)24(2)3)21-12-17-13-22-23-19(17)16-5-4-10-20-11-16/h4-11,13-14,21H,12H2,1-3H3,(H,22,23). The Labute approximate surface area is 159 Å². The van der Waals surface area contributed by atoms with Crippen molar-refractivity contribution in [2.75, 3.05) is 14.1 Å². The molecule has 0 spiro atoms. The third-order valence-corrected chi connectivity index (χ3v) is 6.25. The van der Waals surface area contributed by atoms with Gasteiger partial charge in [0, 0.05) is 50.2 Å². The van der Waals surface area contributed by atoms with Crippen LogP contribution < -0.4 is 5.32 Å². The molecule has 0 radical (unpaired) electrons. The van der Waals surface area contributed by atoms with Crippen molar-refractivity contribution in [2.45, 2.75) is 24.4 Å². The zero-order chi connectivity index (χ0) is 19.4. The first-order valence-electron chi connectivity index (χ1n) is 8.58. The Morgan fingerprint density at radius 2 is 1.89 bits per heavy atom. The smallest absolute Gasteiger partial charge is 0.242 e. The molecular weight excluding hydrogens is 362 g/mol. The summed E-state index contributed by atoms with van der Waals surface area (Å²) in [5.41, 5.74) is 3.98. The van der Waals surface area contributed by atoms with Gasteiger partial charge in [0.05, 0.1) is 16.8 Å². The number of aromatic amines is 1. The summed E-state index contributed by atoms with van der Waals surface area (Å²) in [7, 11) is -0.357. The fourth-order valence-corrected chi connectivity index (χ4v) is 3.63. The highest BCUT2D eigenvalue weighted by Crippen LogP contribution is 2.22. The molecule has 2 N–H and O–H groups in total. The van der Waals surface area contributed by atoms with E-state index in [1.54, 1.807) is 30.7 Å². The first kappa shape index (κ1) is 19.2. The Kier molecular flexibility index (Phi) is 5.69. The molecule has 3 aromatic rings. The Hall–Kier alpha value is -2.55. The molecule has 2 aromatic heterocycles. The van der Waals surface area contributed by atoms with E-state index in [0.717, 1.165) is 22.4 Å². The van der Waals surface area contributed by atoms with Crippen LogP contribution in [0.4, 0.5) is 0 Å². The maximum atomic E-state index is 12.2. The molecule has 8 heteroatoms. The van der Waals surface area contributed by atoms with Crippen molar-refractivity contribution in [3.8, 4) is 11.3 Å². The van der Waals surface area contributed by atoms with E-state index in [1.807, 2.05) is 31.2 Å². The van der Waals surface area contributed by atoms with E-state index in [2.05, 4.69) is 20.5 Å². The van der Waals surface area contributed by atoms with Crippen LogP contribution in [-0.4, -0.2) is 42.0 Å². The summed E-state index contributed by atoms with van der Waals surface area (Å²) in [5, 5.41) is 10.6. The number of pyridine rings is 1. The van der Waals surface area contributed by atoms with E-state index in [0.29, 0.717) is 6.54 Å². The first-order valence-corrected chi connectivity index (χ1v) is 10.0. The van der Waals surface area contributed by atoms with Gasteiger partial charge in [0.2, 0.25) is 10.0 Å². The maximum absolute atomic E-state index is 12.2. The van der Waals surface area contributed by atoms with E-state index in [1.165, 1.54) is 18.4 Å². The molecule has 3 rings (SSSR count). The highest BCUT2D eigenvalue weighted by molar-refractivity contribution is 7.89. The minimum atomic E-state index is -3.41. The molecule has 0 aliphatic rings. The molecule has 0 aliphatic heterocycles. The van der Waals surface area contributed by atoms with Crippen molar-refractivity contribution in [1.82, 2.24) is 24.8 Å². The molecule has 1 atom stereocenters. The van der Waals surface area contributed by atoms with Crippen LogP contribution in [-0.2, 0) is 16.6 Å². The Morgan fingerprint density at radius 3 is 2.52 bits per heavy atom. The van der Waals surface area contributed by atoms with Crippen LogP contribution in [0.1, 0.15) is 24.1 Å². The number of aromatic nitrogens is 3. The SMILES string of the molecule is CC(NCc1cn[nH]c1-c1cccnc1)c1ccc(S(=O)(=O)N(C)C)cc1. The summed E-state index contributed by atoms with van der Waals surface area (Å²) < 4.78 is 25.5. The quantitative estimate of drug-likeness (QED) is 0.652. The lowest BCUT2D eigenvalue weighted by Crippen LogP contribution is -2.22. The van der Waals surface area contributed by atoms with Gasteiger partial charge in [-0.25, -0.2) is 12.7 Å². The topological polar surface area (TPSA) is 91.0 Å². The van der Waals surface area contributed by atoms with Gasteiger partial charge in [-0.1, -0.05) is 12.1 Å². The van der Waals surface area contributed by atoms with Gasteiger partial charge in [-0.2, -0.15) is 5.10 Å². The minimum Gasteiger partial charge on any atom is -0.306 e. The van der Waals surface area contributed by atoms with Gasteiger partial charge < -0.3 is 5.32 Å². The van der Waals surface area contributed by atoms with E-state index in [9.17, 15) is 8.42 Å². The zero-order valence-corrected chi connectivity index (χ0v) is 16.4. The van der Waals surface area contributed by atoms with Crippen molar-refractivity contribution in [1.29, 1.82) is 0 Å². The van der Waals surface area contributed by atoms with Crippen LogP contribution in [0.2, 0.25) is 0 Å². The second kappa shape index (κ2) is 7.99. The summed E-state index contributed by atoms with van der Waals surface area (Å²) in [6, 6.07) is 10.9. The maximum Gasteiger partial charge on any atom is 0.242 e. The van der Waals surface area contributed by atoms with Crippen molar-refractivity contribution >= 4 is 10.0 Å². The fourth-order valence-electron chi connectivity index (χ4n) is 2.73. The summed E-state index contributed by atoms with van der Waals surface area (Å²) in [5.74, 6) is 0.